The topological polar surface area (TPSA) is 79.5 Å². The third kappa shape index (κ3) is 4.17. The molecule has 0 fully saturated rings. The van der Waals surface area contributed by atoms with Crippen molar-refractivity contribution in [3.63, 3.8) is 0 Å². The monoisotopic (exact) mass is 439 g/mol. The Hall–Kier alpha value is -4.12. The fourth-order valence-corrected chi connectivity index (χ4v) is 4.08. The van der Waals surface area contributed by atoms with Crippen molar-refractivity contribution in [2.75, 3.05) is 5.32 Å². The molecule has 0 aliphatic rings. The molecule has 1 unspecified atom stereocenters. The molecule has 5 heteroatoms. The van der Waals surface area contributed by atoms with E-state index in [1.165, 1.54) is 0 Å². The Labute approximate surface area is 192 Å². The minimum absolute atomic E-state index is 0.134. The van der Waals surface area contributed by atoms with Gasteiger partial charge >= 0.3 is 5.97 Å². The summed E-state index contributed by atoms with van der Waals surface area (Å²) in [6, 6.07) is 19.7. The van der Waals surface area contributed by atoms with Crippen LogP contribution in [-0.2, 0) is 0 Å². The maximum absolute atomic E-state index is 13.6. The third-order valence-electron chi connectivity index (χ3n) is 5.62. The fourth-order valence-electron chi connectivity index (χ4n) is 4.08. The highest BCUT2D eigenvalue weighted by Gasteiger charge is 2.22. The second-order valence-corrected chi connectivity index (χ2v) is 8.23. The van der Waals surface area contributed by atoms with Crippen LogP contribution in [0.25, 0.3) is 27.9 Å². The van der Waals surface area contributed by atoms with Crippen LogP contribution in [-0.4, -0.2) is 11.1 Å². The van der Waals surface area contributed by atoms with Gasteiger partial charge in [-0.15, -0.1) is 0 Å². The van der Waals surface area contributed by atoms with E-state index in [0.29, 0.717) is 33.6 Å². The molecule has 1 atom stereocenters. The number of aromatic carboxylic acids is 1. The molecule has 1 heterocycles. The lowest BCUT2D eigenvalue weighted by molar-refractivity contribution is 0.0698. The lowest BCUT2D eigenvalue weighted by atomic mass is 9.96. The number of carbonyl (C=O) groups is 1. The smallest absolute Gasteiger partial charge is 0.337 e. The maximum Gasteiger partial charge on any atom is 0.337 e. The van der Waals surface area contributed by atoms with Gasteiger partial charge in [-0.05, 0) is 50.1 Å². The first kappa shape index (κ1) is 22.1. The molecule has 4 aromatic rings. The van der Waals surface area contributed by atoms with Gasteiger partial charge in [0.25, 0.3) is 0 Å². The number of carboxylic acids is 1. The zero-order chi connectivity index (χ0) is 23.7. The highest BCUT2D eigenvalue weighted by atomic mass is 16.4. The van der Waals surface area contributed by atoms with E-state index in [9.17, 15) is 14.7 Å². The average molecular weight is 440 g/mol. The Morgan fingerprint density at radius 3 is 2.39 bits per heavy atom. The van der Waals surface area contributed by atoms with Gasteiger partial charge in [0.2, 0.25) is 5.43 Å². The highest BCUT2D eigenvalue weighted by molar-refractivity contribution is 5.94. The van der Waals surface area contributed by atoms with Crippen LogP contribution in [0.4, 0.5) is 5.69 Å². The summed E-state index contributed by atoms with van der Waals surface area (Å²) in [4.78, 5) is 25.2. The number of nitrogens with one attached hydrogen (secondary N) is 1. The van der Waals surface area contributed by atoms with Crippen molar-refractivity contribution in [1.29, 1.82) is 0 Å². The summed E-state index contributed by atoms with van der Waals surface area (Å²) >= 11 is 0. The number of benzene rings is 3. The summed E-state index contributed by atoms with van der Waals surface area (Å²) in [5, 5.41) is 13.3. The maximum atomic E-state index is 13.6. The number of fused-ring (bicyclic) bond motifs is 1. The lowest BCUT2D eigenvalue weighted by Crippen LogP contribution is -2.14. The second-order valence-electron chi connectivity index (χ2n) is 8.23. The predicted octanol–water partition coefficient (Wildman–Crippen LogP) is 6.67. The zero-order valence-corrected chi connectivity index (χ0v) is 18.8. The van der Waals surface area contributed by atoms with Gasteiger partial charge in [-0.3, -0.25) is 4.79 Å². The van der Waals surface area contributed by atoms with Crippen LogP contribution < -0.4 is 10.7 Å². The van der Waals surface area contributed by atoms with Gasteiger partial charge in [-0.2, -0.15) is 0 Å². The molecule has 166 valence electrons. The first-order chi connectivity index (χ1) is 15.8. The molecule has 33 heavy (non-hydrogen) atoms. The second kappa shape index (κ2) is 8.79. The Morgan fingerprint density at radius 2 is 1.73 bits per heavy atom. The number of anilines is 1. The number of allylic oxidation sites excluding steroid dienone is 1. The van der Waals surface area contributed by atoms with E-state index in [1.54, 1.807) is 31.2 Å². The molecule has 0 amide bonds. The van der Waals surface area contributed by atoms with Crippen LogP contribution in [0.3, 0.4) is 0 Å². The summed E-state index contributed by atoms with van der Waals surface area (Å²) in [7, 11) is 0. The number of carboxylic acid groups (broad SMARTS) is 1. The van der Waals surface area contributed by atoms with Gasteiger partial charge < -0.3 is 14.8 Å². The molecule has 2 N–H and O–H groups in total. The van der Waals surface area contributed by atoms with E-state index in [0.717, 1.165) is 16.7 Å². The standard InChI is InChI=1S/C28H25NO4/c1-16(2)24-25(30)22-15-17(3)14-21(27(22)33-26(24)19-10-6-5-7-11-19)18(4)29-23-13-9-8-12-20(23)28(31)32/h5-15,18,29H,1H2,2-4H3,(H,31,32). The third-order valence-corrected chi connectivity index (χ3v) is 5.62. The van der Waals surface area contributed by atoms with Gasteiger partial charge in [-0.25, -0.2) is 4.79 Å². The molecule has 0 saturated heterocycles. The molecule has 4 rings (SSSR count). The van der Waals surface area contributed by atoms with Gasteiger partial charge in [0, 0.05) is 16.8 Å². The van der Waals surface area contributed by atoms with Crippen LogP contribution in [0.2, 0.25) is 0 Å². The van der Waals surface area contributed by atoms with Crippen LogP contribution in [0.1, 0.15) is 46.9 Å². The largest absolute Gasteiger partial charge is 0.478 e. The number of hydrogen-bond donors (Lipinski definition) is 2. The van der Waals surface area contributed by atoms with Crippen LogP contribution in [0.15, 0.2) is 82.5 Å². The lowest BCUT2D eigenvalue weighted by Gasteiger charge is -2.20. The van der Waals surface area contributed by atoms with E-state index in [4.69, 9.17) is 4.42 Å². The first-order valence-electron chi connectivity index (χ1n) is 10.7. The fraction of sp³-hybridized carbons (Fsp3) is 0.143. The summed E-state index contributed by atoms with van der Waals surface area (Å²) in [5.74, 6) is -0.535. The van der Waals surface area contributed by atoms with Crippen LogP contribution >= 0.6 is 0 Å². The molecule has 0 aliphatic carbocycles. The molecule has 0 radical (unpaired) electrons. The average Bonchev–Trinajstić information content (AvgIpc) is 2.79. The van der Waals surface area contributed by atoms with Crippen LogP contribution in [0.5, 0.6) is 0 Å². The summed E-state index contributed by atoms with van der Waals surface area (Å²) in [6.07, 6.45) is 0. The molecule has 0 saturated carbocycles. The number of para-hydroxylation sites is 1. The quantitative estimate of drug-likeness (QED) is 0.351. The number of hydrogen-bond acceptors (Lipinski definition) is 4. The minimum Gasteiger partial charge on any atom is -0.478 e. The number of rotatable bonds is 6. The Balaban J connectivity index is 1.95. The molecule has 5 nitrogen and oxygen atoms in total. The van der Waals surface area contributed by atoms with Crippen molar-refractivity contribution < 1.29 is 14.3 Å². The van der Waals surface area contributed by atoms with Crippen molar-refractivity contribution in [1.82, 2.24) is 0 Å². The van der Waals surface area contributed by atoms with Crippen molar-refractivity contribution in [2.45, 2.75) is 26.8 Å². The van der Waals surface area contributed by atoms with Crippen molar-refractivity contribution >= 4 is 28.2 Å². The van der Waals surface area contributed by atoms with E-state index in [1.807, 2.05) is 56.3 Å². The summed E-state index contributed by atoms with van der Waals surface area (Å²) < 4.78 is 6.43. The molecule has 3 aromatic carbocycles. The molecule has 0 spiro atoms. The number of aryl methyl sites for hydroxylation is 1. The van der Waals surface area contributed by atoms with Gasteiger partial charge in [-0.1, -0.05) is 55.1 Å². The van der Waals surface area contributed by atoms with Gasteiger partial charge in [0.05, 0.1) is 22.6 Å². The Kier molecular flexibility index (Phi) is 5.88. The normalized spacial score (nSPS) is 11.8. The van der Waals surface area contributed by atoms with E-state index in [2.05, 4.69) is 11.9 Å². The SMILES string of the molecule is C=C(C)c1c(-c2ccccc2)oc2c(C(C)Nc3ccccc3C(=O)O)cc(C)cc2c1=O. The van der Waals surface area contributed by atoms with Crippen molar-refractivity contribution in [3.8, 4) is 11.3 Å². The van der Waals surface area contributed by atoms with E-state index in [-0.39, 0.29) is 17.0 Å². The zero-order valence-electron chi connectivity index (χ0n) is 18.8. The van der Waals surface area contributed by atoms with Gasteiger partial charge in [0.1, 0.15) is 11.3 Å². The van der Waals surface area contributed by atoms with Crippen LogP contribution in [0, 0.1) is 6.92 Å². The molecular formula is C28H25NO4. The minimum atomic E-state index is -1.01. The molecule has 1 aromatic heterocycles. The van der Waals surface area contributed by atoms with E-state index >= 15 is 0 Å². The Morgan fingerprint density at radius 1 is 1.06 bits per heavy atom. The van der Waals surface area contributed by atoms with Gasteiger partial charge in [0.15, 0.2) is 0 Å². The summed E-state index contributed by atoms with van der Waals surface area (Å²) in [6.45, 7) is 9.65. The first-order valence-corrected chi connectivity index (χ1v) is 10.7. The molecular weight excluding hydrogens is 414 g/mol. The van der Waals surface area contributed by atoms with Crippen molar-refractivity contribution in [2.24, 2.45) is 0 Å². The molecule has 0 aliphatic heterocycles. The van der Waals surface area contributed by atoms with Crippen molar-refractivity contribution in [3.05, 3.63) is 106 Å². The predicted molar refractivity (Wildman–Crippen MR) is 133 cm³/mol. The highest BCUT2D eigenvalue weighted by Crippen LogP contribution is 2.34. The Bertz CT molecular complexity index is 1430. The summed E-state index contributed by atoms with van der Waals surface area (Å²) in [5.41, 5.74) is 4.58. The molecule has 0 bridgehead atoms. The van der Waals surface area contributed by atoms with E-state index < -0.39 is 5.97 Å².